The number of fused-ring (bicyclic) bond motifs is 1. The molecule has 0 bridgehead atoms. The Kier molecular flexibility index (Phi) is 2.22. The lowest BCUT2D eigenvalue weighted by molar-refractivity contribution is 0.112. The van der Waals surface area contributed by atoms with Crippen LogP contribution in [-0.2, 0) is 0 Å². The van der Waals surface area contributed by atoms with Crippen molar-refractivity contribution in [2.45, 2.75) is 0 Å². The molecule has 0 radical (unpaired) electrons. The highest BCUT2D eigenvalue weighted by Crippen LogP contribution is 2.37. The fourth-order valence-electron chi connectivity index (χ4n) is 1.74. The van der Waals surface area contributed by atoms with Crippen molar-refractivity contribution in [2.75, 3.05) is 6.79 Å². The molecule has 0 spiro atoms. The van der Waals surface area contributed by atoms with Crippen LogP contribution in [0, 0.1) is 0 Å². The minimum absolute atomic E-state index is 0.183. The minimum atomic E-state index is 0.183. The second-order valence-electron chi connectivity index (χ2n) is 3.54. The zero-order valence-corrected chi connectivity index (χ0v) is 8.79. The SMILES string of the molecule is O=Cc1cc2c(cc1-c1cncnc1)OCO2. The molecule has 0 saturated heterocycles. The number of carbonyl (C=O) groups excluding carboxylic acids is 1. The van der Waals surface area contributed by atoms with Crippen LogP contribution in [0.4, 0.5) is 0 Å². The zero-order chi connectivity index (χ0) is 11.7. The van der Waals surface area contributed by atoms with Gasteiger partial charge in [-0.05, 0) is 17.7 Å². The fourth-order valence-corrected chi connectivity index (χ4v) is 1.74. The second kappa shape index (κ2) is 3.86. The number of hydrogen-bond acceptors (Lipinski definition) is 5. The highest BCUT2D eigenvalue weighted by Gasteiger charge is 2.17. The van der Waals surface area contributed by atoms with Crippen LogP contribution in [0.5, 0.6) is 11.5 Å². The Balaban J connectivity index is 2.19. The molecule has 5 nitrogen and oxygen atoms in total. The smallest absolute Gasteiger partial charge is 0.231 e. The molecule has 0 amide bonds. The maximum atomic E-state index is 11.1. The van der Waals surface area contributed by atoms with Gasteiger partial charge in [0.05, 0.1) is 0 Å². The number of aromatic nitrogens is 2. The van der Waals surface area contributed by atoms with Gasteiger partial charge in [0.2, 0.25) is 6.79 Å². The van der Waals surface area contributed by atoms with Gasteiger partial charge in [0.1, 0.15) is 6.33 Å². The summed E-state index contributed by atoms with van der Waals surface area (Å²) < 4.78 is 10.5. The van der Waals surface area contributed by atoms with Crippen molar-refractivity contribution in [1.29, 1.82) is 0 Å². The van der Waals surface area contributed by atoms with Crippen molar-refractivity contribution in [3.63, 3.8) is 0 Å². The lowest BCUT2D eigenvalue weighted by Crippen LogP contribution is -1.92. The molecule has 0 saturated carbocycles. The van der Waals surface area contributed by atoms with Gasteiger partial charge in [0.25, 0.3) is 0 Å². The number of aldehydes is 1. The number of ether oxygens (including phenoxy) is 2. The maximum absolute atomic E-state index is 11.1. The van der Waals surface area contributed by atoms with Crippen LogP contribution in [0.3, 0.4) is 0 Å². The summed E-state index contributed by atoms with van der Waals surface area (Å²) in [6.07, 6.45) is 5.52. The lowest BCUT2D eigenvalue weighted by atomic mass is 10.0. The third kappa shape index (κ3) is 1.61. The summed E-state index contributed by atoms with van der Waals surface area (Å²) in [5.74, 6) is 1.22. The van der Waals surface area contributed by atoms with Crippen molar-refractivity contribution in [2.24, 2.45) is 0 Å². The molecule has 0 fully saturated rings. The van der Waals surface area contributed by atoms with E-state index in [4.69, 9.17) is 9.47 Å². The highest BCUT2D eigenvalue weighted by atomic mass is 16.7. The van der Waals surface area contributed by atoms with E-state index in [1.807, 2.05) is 0 Å². The summed E-state index contributed by atoms with van der Waals surface area (Å²) >= 11 is 0. The van der Waals surface area contributed by atoms with Crippen LogP contribution >= 0.6 is 0 Å². The lowest BCUT2D eigenvalue weighted by Gasteiger charge is -2.05. The summed E-state index contributed by atoms with van der Waals surface area (Å²) in [6, 6.07) is 3.43. The van der Waals surface area contributed by atoms with Gasteiger partial charge in [-0.2, -0.15) is 0 Å². The number of hydrogen-bond donors (Lipinski definition) is 0. The summed E-state index contributed by atoms with van der Waals surface area (Å²) in [6.45, 7) is 0.183. The molecular formula is C12H8N2O3. The van der Waals surface area contributed by atoms with E-state index in [1.54, 1.807) is 24.5 Å². The first kappa shape index (κ1) is 9.77. The van der Waals surface area contributed by atoms with Gasteiger partial charge in [-0.25, -0.2) is 9.97 Å². The quantitative estimate of drug-likeness (QED) is 0.732. The third-order valence-corrected chi connectivity index (χ3v) is 2.54. The molecule has 5 heteroatoms. The van der Waals surface area contributed by atoms with Crippen LogP contribution in [0.25, 0.3) is 11.1 Å². The average Bonchev–Trinajstić information content (AvgIpc) is 2.85. The van der Waals surface area contributed by atoms with Crippen molar-refractivity contribution in [3.05, 3.63) is 36.4 Å². The Morgan fingerprint density at radius 1 is 1.12 bits per heavy atom. The summed E-state index contributed by atoms with van der Waals surface area (Å²) in [4.78, 5) is 18.9. The van der Waals surface area contributed by atoms with E-state index in [0.717, 1.165) is 17.4 Å². The normalized spacial score (nSPS) is 12.5. The predicted molar refractivity (Wildman–Crippen MR) is 59.0 cm³/mol. The number of carbonyl (C=O) groups is 1. The largest absolute Gasteiger partial charge is 0.454 e. The van der Waals surface area contributed by atoms with Gasteiger partial charge >= 0.3 is 0 Å². The Hall–Kier alpha value is -2.43. The molecule has 0 aliphatic carbocycles. The van der Waals surface area contributed by atoms with Gasteiger partial charge < -0.3 is 9.47 Å². The van der Waals surface area contributed by atoms with E-state index in [0.29, 0.717) is 17.1 Å². The Morgan fingerprint density at radius 2 is 1.82 bits per heavy atom. The van der Waals surface area contributed by atoms with Crippen LogP contribution in [0.1, 0.15) is 10.4 Å². The molecule has 1 aliphatic rings. The van der Waals surface area contributed by atoms with Gasteiger partial charge in [0.15, 0.2) is 17.8 Å². The van der Waals surface area contributed by atoms with E-state index in [1.165, 1.54) is 6.33 Å². The van der Waals surface area contributed by atoms with E-state index < -0.39 is 0 Å². The topological polar surface area (TPSA) is 61.3 Å². The molecule has 0 N–H and O–H groups in total. The van der Waals surface area contributed by atoms with Gasteiger partial charge in [0, 0.05) is 23.5 Å². The Morgan fingerprint density at radius 3 is 2.53 bits per heavy atom. The summed E-state index contributed by atoms with van der Waals surface area (Å²) in [5.41, 5.74) is 2.04. The molecule has 0 atom stereocenters. The second-order valence-corrected chi connectivity index (χ2v) is 3.54. The molecule has 1 aromatic heterocycles. The van der Waals surface area contributed by atoms with E-state index >= 15 is 0 Å². The molecule has 0 unspecified atom stereocenters. The molecule has 84 valence electrons. The summed E-state index contributed by atoms with van der Waals surface area (Å²) in [7, 11) is 0. The highest BCUT2D eigenvalue weighted by molar-refractivity contribution is 5.89. The standard InChI is InChI=1S/C12H8N2O3/c15-5-8-1-11-12(17-7-16-11)2-10(8)9-3-13-6-14-4-9/h1-6H,7H2. The monoisotopic (exact) mass is 228 g/mol. The predicted octanol–water partition coefficient (Wildman–Crippen LogP) is 1.68. The van der Waals surface area contributed by atoms with E-state index in [-0.39, 0.29) is 6.79 Å². The van der Waals surface area contributed by atoms with Crippen LogP contribution in [0.2, 0.25) is 0 Å². The van der Waals surface area contributed by atoms with Crippen molar-refractivity contribution in [3.8, 4) is 22.6 Å². The van der Waals surface area contributed by atoms with Gasteiger partial charge in [-0.3, -0.25) is 4.79 Å². The molecular weight excluding hydrogens is 220 g/mol. The number of rotatable bonds is 2. The molecule has 3 rings (SSSR count). The molecule has 1 aromatic carbocycles. The molecule has 17 heavy (non-hydrogen) atoms. The van der Waals surface area contributed by atoms with Crippen molar-refractivity contribution in [1.82, 2.24) is 9.97 Å². The maximum Gasteiger partial charge on any atom is 0.231 e. The first-order valence-electron chi connectivity index (χ1n) is 5.02. The number of benzene rings is 1. The fraction of sp³-hybridized carbons (Fsp3) is 0.0833. The third-order valence-electron chi connectivity index (χ3n) is 2.54. The number of nitrogens with zero attached hydrogens (tertiary/aromatic N) is 2. The van der Waals surface area contributed by atoms with Gasteiger partial charge in [-0.15, -0.1) is 0 Å². The van der Waals surface area contributed by atoms with Crippen LogP contribution < -0.4 is 9.47 Å². The molecule has 1 aliphatic heterocycles. The van der Waals surface area contributed by atoms with Gasteiger partial charge in [-0.1, -0.05) is 0 Å². The van der Waals surface area contributed by atoms with E-state index in [9.17, 15) is 4.79 Å². The zero-order valence-electron chi connectivity index (χ0n) is 8.79. The first-order chi connectivity index (χ1) is 8.38. The summed E-state index contributed by atoms with van der Waals surface area (Å²) in [5, 5.41) is 0. The van der Waals surface area contributed by atoms with E-state index in [2.05, 4.69) is 9.97 Å². The average molecular weight is 228 g/mol. The van der Waals surface area contributed by atoms with Crippen molar-refractivity contribution < 1.29 is 14.3 Å². The molecule has 2 aromatic rings. The van der Waals surface area contributed by atoms with Crippen molar-refractivity contribution >= 4 is 6.29 Å². The van der Waals surface area contributed by atoms with Crippen LogP contribution in [0.15, 0.2) is 30.9 Å². The Bertz CT molecular complexity index is 569. The van der Waals surface area contributed by atoms with Crippen LogP contribution in [-0.4, -0.2) is 23.0 Å². The Labute approximate surface area is 97.0 Å². The minimum Gasteiger partial charge on any atom is -0.454 e. The molecule has 2 heterocycles. The first-order valence-corrected chi connectivity index (χ1v) is 5.02.